The number of rotatable bonds is 4. The number of carbonyl (C=O) groups excluding carboxylic acids is 1. The standard InChI is InChI=1S/C14H16FN3O2/c1-16-5-6-18(2)14(20)11-8-13(19)17-12-4-3-9(15)7-10(11)12/h3-4,7-8,16H,5-6H2,1-2H3,(H,17,19). The molecule has 106 valence electrons. The maximum Gasteiger partial charge on any atom is 0.254 e. The van der Waals surface area contributed by atoms with Gasteiger partial charge < -0.3 is 15.2 Å². The lowest BCUT2D eigenvalue weighted by Gasteiger charge is -2.17. The van der Waals surface area contributed by atoms with Gasteiger partial charge >= 0.3 is 0 Å². The van der Waals surface area contributed by atoms with E-state index in [0.717, 1.165) is 0 Å². The van der Waals surface area contributed by atoms with Gasteiger partial charge in [-0.15, -0.1) is 0 Å². The van der Waals surface area contributed by atoms with Gasteiger partial charge in [-0.05, 0) is 25.2 Å². The molecular weight excluding hydrogens is 261 g/mol. The van der Waals surface area contributed by atoms with Crippen molar-refractivity contribution in [1.29, 1.82) is 0 Å². The van der Waals surface area contributed by atoms with Crippen molar-refractivity contribution in [2.24, 2.45) is 0 Å². The van der Waals surface area contributed by atoms with Gasteiger partial charge in [-0.2, -0.15) is 0 Å². The lowest BCUT2D eigenvalue weighted by molar-refractivity contribution is 0.0798. The van der Waals surface area contributed by atoms with Gasteiger partial charge in [-0.1, -0.05) is 0 Å². The smallest absolute Gasteiger partial charge is 0.254 e. The summed E-state index contributed by atoms with van der Waals surface area (Å²) in [4.78, 5) is 28.0. The fourth-order valence-corrected chi connectivity index (χ4v) is 1.99. The maximum absolute atomic E-state index is 13.4. The fourth-order valence-electron chi connectivity index (χ4n) is 1.99. The summed E-state index contributed by atoms with van der Waals surface area (Å²) >= 11 is 0. The van der Waals surface area contributed by atoms with E-state index in [0.29, 0.717) is 24.0 Å². The number of aromatic amines is 1. The Morgan fingerprint density at radius 3 is 2.85 bits per heavy atom. The van der Waals surface area contributed by atoms with Crippen molar-refractivity contribution in [2.45, 2.75) is 0 Å². The summed E-state index contributed by atoms with van der Waals surface area (Å²) in [5, 5.41) is 3.35. The number of H-pyrrole nitrogens is 1. The van der Waals surface area contributed by atoms with E-state index in [1.54, 1.807) is 14.1 Å². The van der Waals surface area contributed by atoms with Gasteiger partial charge in [0.05, 0.1) is 5.56 Å². The van der Waals surface area contributed by atoms with Gasteiger partial charge in [0, 0.05) is 37.1 Å². The highest BCUT2D eigenvalue weighted by Gasteiger charge is 2.16. The summed E-state index contributed by atoms with van der Waals surface area (Å²) < 4.78 is 13.4. The average Bonchev–Trinajstić information content (AvgIpc) is 2.43. The zero-order valence-corrected chi connectivity index (χ0v) is 11.4. The van der Waals surface area contributed by atoms with E-state index in [9.17, 15) is 14.0 Å². The zero-order valence-electron chi connectivity index (χ0n) is 11.4. The number of likely N-dealkylation sites (N-methyl/N-ethyl adjacent to an activating group) is 2. The second-order valence-corrected chi connectivity index (χ2v) is 4.57. The number of hydrogen-bond donors (Lipinski definition) is 2. The SMILES string of the molecule is CNCCN(C)C(=O)c1cc(=O)[nH]c2ccc(F)cc12. The van der Waals surface area contributed by atoms with E-state index < -0.39 is 5.82 Å². The summed E-state index contributed by atoms with van der Waals surface area (Å²) in [6.45, 7) is 1.14. The number of aromatic nitrogens is 1. The van der Waals surface area contributed by atoms with Crippen LogP contribution in [0.25, 0.3) is 10.9 Å². The topological polar surface area (TPSA) is 65.2 Å². The van der Waals surface area contributed by atoms with Gasteiger partial charge in [0.15, 0.2) is 0 Å². The van der Waals surface area contributed by atoms with Gasteiger partial charge in [-0.25, -0.2) is 4.39 Å². The number of carbonyl (C=O) groups is 1. The molecule has 2 aromatic rings. The minimum absolute atomic E-state index is 0.210. The lowest BCUT2D eigenvalue weighted by Crippen LogP contribution is -2.33. The minimum Gasteiger partial charge on any atom is -0.340 e. The Bertz CT molecular complexity index is 696. The van der Waals surface area contributed by atoms with Crippen LogP contribution >= 0.6 is 0 Å². The number of nitrogens with one attached hydrogen (secondary N) is 2. The first-order valence-electron chi connectivity index (χ1n) is 6.25. The average molecular weight is 277 g/mol. The normalized spacial score (nSPS) is 10.8. The molecule has 0 saturated carbocycles. The molecule has 20 heavy (non-hydrogen) atoms. The van der Waals surface area contributed by atoms with E-state index in [-0.39, 0.29) is 17.0 Å². The number of amides is 1. The molecule has 5 nitrogen and oxygen atoms in total. The molecule has 1 heterocycles. The van der Waals surface area contributed by atoms with Crippen LogP contribution in [0.4, 0.5) is 4.39 Å². The predicted molar refractivity (Wildman–Crippen MR) is 75.4 cm³/mol. The highest BCUT2D eigenvalue weighted by atomic mass is 19.1. The molecule has 0 fully saturated rings. The van der Waals surface area contributed by atoms with Crippen LogP contribution in [-0.2, 0) is 0 Å². The Morgan fingerprint density at radius 1 is 1.40 bits per heavy atom. The van der Waals surface area contributed by atoms with Gasteiger partial charge in [-0.3, -0.25) is 9.59 Å². The van der Waals surface area contributed by atoms with Crippen LogP contribution < -0.4 is 10.9 Å². The Labute approximate surface area is 115 Å². The molecule has 0 radical (unpaired) electrons. The third-order valence-electron chi connectivity index (χ3n) is 3.08. The van der Waals surface area contributed by atoms with E-state index in [1.807, 2.05) is 0 Å². The Hall–Kier alpha value is -2.21. The van der Waals surface area contributed by atoms with E-state index in [4.69, 9.17) is 0 Å². The molecule has 0 saturated heterocycles. The van der Waals surface area contributed by atoms with Crippen LogP contribution in [0, 0.1) is 5.82 Å². The van der Waals surface area contributed by atoms with E-state index in [1.165, 1.54) is 29.2 Å². The van der Waals surface area contributed by atoms with Crippen molar-refractivity contribution < 1.29 is 9.18 Å². The molecule has 1 aromatic heterocycles. The third-order valence-corrected chi connectivity index (χ3v) is 3.08. The molecule has 0 atom stereocenters. The summed E-state index contributed by atoms with van der Waals surface area (Å²) in [6, 6.07) is 5.16. The molecule has 1 aromatic carbocycles. The summed E-state index contributed by atoms with van der Waals surface area (Å²) in [5.74, 6) is -0.751. The first-order chi connectivity index (χ1) is 9.52. The summed E-state index contributed by atoms with van der Waals surface area (Å²) in [6.07, 6.45) is 0. The Kier molecular flexibility index (Phi) is 4.14. The highest BCUT2D eigenvalue weighted by molar-refractivity contribution is 6.05. The Balaban J connectivity index is 2.49. The van der Waals surface area contributed by atoms with Crippen LogP contribution in [0.5, 0.6) is 0 Å². The van der Waals surface area contributed by atoms with Crippen molar-refractivity contribution in [3.63, 3.8) is 0 Å². The van der Waals surface area contributed by atoms with Crippen LogP contribution in [0.3, 0.4) is 0 Å². The molecule has 2 rings (SSSR count). The number of hydrogen-bond acceptors (Lipinski definition) is 3. The van der Waals surface area contributed by atoms with Gasteiger partial charge in [0.1, 0.15) is 5.82 Å². The summed E-state index contributed by atoms with van der Waals surface area (Å²) in [7, 11) is 3.43. The van der Waals surface area contributed by atoms with Crippen LogP contribution in [0.1, 0.15) is 10.4 Å². The van der Waals surface area contributed by atoms with Gasteiger partial charge in [0.25, 0.3) is 5.91 Å². The number of halogens is 1. The van der Waals surface area contributed by atoms with Crippen LogP contribution in [0.2, 0.25) is 0 Å². The lowest BCUT2D eigenvalue weighted by atomic mass is 10.1. The largest absolute Gasteiger partial charge is 0.340 e. The highest BCUT2D eigenvalue weighted by Crippen LogP contribution is 2.17. The predicted octanol–water partition coefficient (Wildman–Crippen LogP) is 0.959. The molecular formula is C14H16FN3O2. The number of pyridine rings is 1. The zero-order chi connectivity index (χ0) is 14.7. The van der Waals surface area contributed by atoms with Crippen molar-refractivity contribution in [3.05, 3.63) is 46.0 Å². The van der Waals surface area contributed by atoms with Crippen molar-refractivity contribution in [2.75, 3.05) is 27.2 Å². The quantitative estimate of drug-likeness (QED) is 0.875. The fraction of sp³-hybridized carbons (Fsp3) is 0.286. The van der Waals surface area contributed by atoms with Crippen molar-refractivity contribution in [1.82, 2.24) is 15.2 Å². The monoisotopic (exact) mass is 277 g/mol. The first kappa shape index (κ1) is 14.2. The molecule has 2 N–H and O–H groups in total. The molecule has 0 aliphatic heterocycles. The molecule has 0 bridgehead atoms. The molecule has 0 spiro atoms. The first-order valence-corrected chi connectivity index (χ1v) is 6.25. The number of benzene rings is 1. The second kappa shape index (κ2) is 5.83. The van der Waals surface area contributed by atoms with Crippen molar-refractivity contribution >= 4 is 16.8 Å². The number of fused-ring (bicyclic) bond motifs is 1. The maximum atomic E-state index is 13.4. The Morgan fingerprint density at radius 2 is 2.15 bits per heavy atom. The summed E-state index contributed by atoms with van der Waals surface area (Å²) in [5.41, 5.74) is 0.278. The van der Waals surface area contributed by atoms with E-state index >= 15 is 0 Å². The molecule has 0 aliphatic carbocycles. The molecule has 0 unspecified atom stereocenters. The van der Waals surface area contributed by atoms with Gasteiger partial charge in [0.2, 0.25) is 5.56 Å². The minimum atomic E-state index is -0.448. The van der Waals surface area contributed by atoms with Crippen LogP contribution in [0.15, 0.2) is 29.1 Å². The second-order valence-electron chi connectivity index (χ2n) is 4.57. The van der Waals surface area contributed by atoms with Crippen molar-refractivity contribution in [3.8, 4) is 0 Å². The van der Waals surface area contributed by atoms with E-state index in [2.05, 4.69) is 10.3 Å². The van der Waals surface area contributed by atoms with Crippen LogP contribution in [-0.4, -0.2) is 43.0 Å². The molecule has 6 heteroatoms. The number of nitrogens with zero attached hydrogens (tertiary/aromatic N) is 1. The third kappa shape index (κ3) is 2.85. The molecule has 1 amide bonds. The molecule has 0 aliphatic rings.